The number of aryl methyl sites for hydroxylation is 1. The molecule has 3 aliphatic rings. The summed E-state index contributed by atoms with van der Waals surface area (Å²) < 4.78 is 33.5. The second kappa shape index (κ2) is 11.2. The fourth-order valence-corrected chi connectivity index (χ4v) is 6.72. The van der Waals surface area contributed by atoms with E-state index in [4.69, 9.17) is 4.74 Å². The van der Waals surface area contributed by atoms with Crippen molar-refractivity contribution >= 4 is 0 Å². The predicted octanol–water partition coefficient (Wildman–Crippen LogP) is 8.65. The van der Waals surface area contributed by atoms with Crippen LogP contribution in [-0.4, -0.2) is 6.61 Å². The Morgan fingerprint density at radius 2 is 1.44 bits per heavy atom. The summed E-state index contributed by atoms with van der Waals surface area (Å²) in [4.78, 5) is 0. The minimum Gasteiger partial charge on any atom is -0.490 e. The first-order chi connectivity index (χ1) is 15.5. The van der Waals surface area contributed by atoms with E-state index in [1.807, 2.05) is 0 Å². The van der Waals surface area contributed by atoms with Crippen molar-refractivity contribution in [3.8, 4) is 5.75 Å². The summed E-state index contributed by atoms with van der Waals surface area (Å²) in [5.74, 6) is 3.25. The molecule has 32 heavy (non-hydrogen) atoms. The highest BCUT2D eigenvalue weighted by Crippen LogP contribution is 2.45. The summed E-state index contributed by atoms with van der Waals surface area (Å²) in [5.41, 5.74) is 0.324. The molecule has 1 nitrogen and oxygen atoms in total. The molecular formula is C29H42F2O. The third-order valence-corrected chi connectivity index (χ3v) is 8.86. The van der Waals surface area contributed by atoms with Gasteiger partial charge in [-0.3, -0.25) is 0 Å². The zero-order chi connectivity index (χ0) is 22.5. The highest BCUT2D eigenvalue weighted by atomic mass is 19.2. The van der Waals surface area contributed by atoms with E-state index in [0.717, 1.165) is 42.4 Å². The molecule has 4 rings (SSSR count). The van der Waals surface area contributed by atoms with E-state index in [2.05, 4.69) is 19.1 Å². The maximum atomic E-state index is 14.0. The SMILES string of the molecule is CCCC1C=CC(C2CCC(C3CCC(COc4ccc(C)c(F)c4F)CC3)CC2)CC1. The van der Waals surface area contributed by atoms with E-state index in [0.29, 0.717) is 18.1 Å². The van der Waals surface area contributed by atoms with Crippen molar-refractivity contribution in [2.45, 2.75) is 90.9 Å². The highest BCUT2D eigenvalue weighted by molar-refractivity contribution is 5.30. The van der Waals surface area contributed by atoms with E-state index in [9.17, 15) is 8.78 Å². The molecule has 0 aliphatic heterocycles. The van der Waals surface area contributed by atoms with Crippen LogP contribution in [0.4, 0.5) is 8.78 Å². The van der Waals surface area contributed by atoms with Crippen LogP contribution in [0.1, 0.15) is 89.5 Å². The number of allylic oxidation sites excluding steroid dienone is 2. The number of hydrogen-bond donors (Lipinski definition) is 0. The van der Waals surface area contributed by atoms with Gasteiger partial charge in [-0.25, -0.2) is 4.39 Å². The van der Waals surface area contributed by atoms with Gasteiger partial charge in [0.25, 0.3) is 0 Å². The van der Waals surface area contributed by atoms with Crippen LogP contribution in [-0.2, 0) is 0 Å². The van der Waals surface area contributed by atoms with Gasteiger partial charge in [0.15, 0.2) is 11.6 Å². The standard InChI is InChI=1S/C29H42F2O/c1-3-4-21-6-10-23(11-7-21)25-14-16-26(17-15-25)24-12-8-22(9-13-24)19-32-27-18-5-20(2)28(30)29(27)31/h5-6,10,18,21-26H,3-4,7-9,11-17,19H2,1-2H3. The molecule has 2 unspecified atom stereocenters. The molecule has 0 heterocycles. The lowest BCUT2D eigenvalue weighted by Crippen LogP contribution is -2.29. The third kappa shape index (κ3) is 5.75. The van der Waals surface area contributed by atoms with Gasteiger partial charge in [0.05, 0.1) is 6.61 Å². The Labute approximate surface area is 194 Å². The Hall–Kier alpha value is -1.38. The second-order valence-electron chi connectivity index (χ2n) is 11.0. The van der Waals surface area contributed by atoms with Crippen LogP contribution in [0.15, 0.2) is 24.3 Å². The monoisotopic (exact) mass is 444 g/mol. The Morgan fingerprint density at radius 3 is 2.06 bits per heavy atom. The molecule has 178 valence electrons. The van der Waals surface area contributed by atoms with Crippen molar-refractivity contribution in [1.82, 2.24) is 0 Å². The van der Waals surface area contributed by atoms with E-state index in [1.165, 1.54) is 64.2 Å². The lowest BCUT2D eigenvalue weighted by molar-refractivity contribution is 0.112. The quantitative estimate of drug-likeness (QED) is 0.382. The van der Waals surface area contributed by atoms with Gasteiger partial charge in [-0.05, 0) is 125 Å². The molecule has 1 aromatic rings. The molecule has 0 amide bonds. The van der Waals surface area contributed by atoms with Crippen LogP contribution >= 0.6 is 0 Å². The molecule has 2 fully saturated rings. The number of ether oxygens (including phenoxy) is 1. The van der Waals surface area contributed by atoms with E-state index < -0.39 is 11.6 Å². The third-order valence-electron chi connectivity index (χ3n) is 8.86. The van der Waals surface area contributed by atoms with Gasteiger partial charge in [0.1, 0.15) is 0 Å². The van der Waals surface area contributed by atoms with Crippen molar-refractivity contribution < 1.29 is 13.5 Å². The molecule has 3 heteroatoms. The lowest BCUT2D eigenvalue weighted by Gasteiger charge is -2.40. The van der Waals surface area contributed by atoms with Crippen LogP contribution in [0.25, 0.3) is 0 Å². The van der Waals surface area contributed by atoms with Crippen LogP contribution in [0.3, 0.4) is 0 Å². The molecule has 3 aliphatic carbocycles. The molecule has 0 aromatic heterocycles. The van der Waals surface area contributed by atoms with Gasteiger partial charge < -0.3 is 4.74 Å². The second-order valence-corrected chi connectivity index (χ2v) is 11.0. The lowest BCUT2D eigenvalue weighted by atomic mass is 9.66. The topological polar surface area (TPSA) is 9.23 Å². The summed E-state index contributed by atoms with van der Waals surface area (Å²) in [6.07, 6.45) is 21.1. The zero-order valence-corrected chi connectivity index (χ0v) is 20.1. The van der Waals surface area contributed by atoms with Crippen LogP contribution in [0.5, 0.6) is 5.75 Å². The first-order valence-corrected chi connectivity index (χ1v) is 13.3. The normalized spacial score (nSPS) is 33.2. The van der Waals surface area contributed by atoms with Crippen LogP contribution in [0, 0.1) is 54.1 Å². The molecule has 2 saturated carbocycles. The molecular weight excluding hydrogens is 402 g/mol. The van der Waals surface area contributed by atoms with Gasteiger partial charge in [-0.1, -0.05) is 31.6 Å². The number of benzene rings is 1. The predicted molar refractivity (Wildman–Crippen MR) is 128 cm³/mol. The van der Waals surface area contributed by atoms with Gasteiger partial charge in [0.2, 0.25) is 5.82 Å². The molecule has 0 spiro atoms. The summed E-state index contributed by atoms with van der Waals surface area (Å²) in [5, 5.41) is 0. The van der Waals surface area contributed by atoms with E-state index >= 15 is 0 Å². The summed E-state index contributed by atoms with van der Waals surface area (Å²) in [6, 6.07) is 3.15. The van der Waals surface area contributed by atoms with Crippen molar-refractivity contribution in [1.29, 1.82) is 0 Å². The minimum atomic E-state index is -0.843. The largest absolute Gasteiger partial charge is 0.490 e. The average molecular weight is 445 g/mol. The Morgan fingerprint density at radius 1 is 0.781 bits per heavy atom. The van der Waals surface area contributed by atoms with Crippen molar-refractivity contribution in [3.05, 3.63) is 41.5 Å². The number of hydrogen-bond acceptors (Lipinski definition) is 1. The number of halogens is 2. The van der Waals surface area contributed by atoms with Gasteiger partial charge >= 0.3 is 0 Å². The fourth-order valence-electron chi connectivity index (χ4n) is 6.72. The summed E-state index contributed by atoms with van der Waals surface area (Å²) in [6.45, 7) is 4.38. The first-order valence-electron chi connectivity index (χ1n) is 13.3. The first kappa shape index (κ1) is 23.8. The Balaban J connectivity index is 1.17. The molecule has 2 atom stereocenters. The maximum Gasteiger partial charge on any atom is 0.200 e. The molecule has 0 bridgehead atoms. The fraction of sp³-hybridized carbons (Fsp3) is 0.724. The average Bonchev–Trinajstić information content (AvgIpc) is 2.83. The molecule has 0 radical (unpaired) electrons. The maximum absolute atomic E-state index is 14.0. The number of rotatable bonds is 7. The zero-order valence-electron chi connectivity index (χ0n) is 20.1. The summed E-state index contributed by atoms with van der Waals surface area (Å²) >= 11 is 0. The van der Waals surface area contributed by atoms with Gasteiger partial charge in [-0.15, -0.1) is 0 Å². The van der Waals surface area contributed by atoms with E-state index in [1.54, 1.807) is 19.1 Å². The molecule has 0 saturated heterocycles. The Bertz CT molecular complexity index is 757. The Kier molecular flexibility index (Phi) is 8.29. The van der Waals surface area contributed by atoms with Crippen molar-refractivity contribution in [2.24, 2.45) is 35.5 Å². The smallest absolute Gasteiger partial charge is 0.200 e. The van der Waals surface area contributed by atoms with E-state index in [-0.39, 0.29) is 5.75 Å². The van der Waals surface area contributed by atoms with Gasteiger partial charge in [-0.2, -0.15) is 4.39 Å². The molecule has 1 aromatic carbocycles. The van der Waals surface area contributed by atoms with Crippen molar-refractivity contribution in [3.63, 3.8) is 0 Å². The molecule has 0 N–H and O–H groups in total. The van der Waals surface area contributed by atoms with Crippen LogP contribution < -0.4 is 4.74 Å². The van der Waals surface area contributed by atoms with Crippen LogP contribution in [0.2, 0.25) is 0 Å². The highest BCUT2D eigenvalue weighted by Gasteiger charge is 2.33. The summed E-state index contributed by atoms with van der Waals surface area (Å²) in [7, 11) is 0. The van der Waals surface area contributed by atoms with Crippen molar-refractivity contribution in [2.75, 3.05) is 6.61 Å². The minimum absolute atomic E-state index is 0.0614. The van der Waals surface area contributed by atoms with Gasteiger partial charge in [0, 0.05) is 0 Å².